The first-order valence-corrected chi connectivity index (χ1v) is 7.42. The van der Waals surface area contributed by atoms with Gasteiger partial charge in [-0.15, -0.1) is 0 Å². The highest BCUT2D eigenvalue weighted by molar-refractivity contribution is 14.1. The maximum atomic E-state index is 6.05. The molecule has 0 bridgehead atoms. The number of nitrogens with zero attached hydrogens (tertiary/aromatic N) is 1. The molecule has 0 fully saturated rings. The minimum atomic E-state index is 0.433. The summed E-state index contributed by atoms with van der Waals surface area (Å²) in [5.41, 5.74) is 7.92. The summed E-state index contributed by atoms with van der Waals surface area (Å²) in [5.74, 6) is 0.674. The predicted molar refractivity (Wildman–Crippen MR) is 89.0 cm³/mol. The molecular weight excluding hydrogens is 337 g/mol. The monoisotopic (exact) mass is 361 g/mol. The van der Waals surface area contributed by atoms with Crippen molar-refractivity contribution in [2.75, 3.05) is 31.7 Å². The maximum absolute atomic E-state index is 6.05. The number of halogens is 1. The molecule has 18 heavy (non-hydrogen) atoms. The van der Waals surface area contributed by atoms with Gasteiger partial charge in [0.1, 0.15) is 0 Å². The van der Waals surface area contributed by atoms with E-state index in [9.17, 15) is 0 Å². The summed E-state index contributed by atoms with van der Waals surface area (Å²) in [6.45, 7) is 5.52. The molecule has 1 rings (SSSR count). The van der Waals surface area contributed by atoms with Crippen LogP contribution in [0.2, 0.25) is 0 Å². The molecule has 0 saturated carbocycles. The number of nitrogens with one attached hydrogen (secondary N) is 1. The normalized spacial score (nSPS) is 13.1. The second kappa shape index (κ2) is 7.19. The van der Waals surface area contributed by atoms with Crippen molar-refractivity contribution in [1.82, 2.24) is 4.90 Å². The zero-order chi connectivity index (χ0) is 13.7. The molecule has 4 heteroatoms. The highest BCUT2D eigenvalue weighted by Gasteiger charge is 2.13. The van der Waals surface area contributed by atoms with E-state index in [0.29, 0.717) is 12.0 Å². The molecule has 0 aliphatic rings. The van der Waals surface area contributed by atoms with E-state index in [1.54, 1.807) is 0 Å². The standard InChI is InChI=1S/C14H24IN3/c1-10(2)7-12(9-18(3)4)17-14-6-5-11(15)8-13(14)16/h5-6,8,10,12,17H,7,9,16H2,1-4H3. The molecule has 0 heterocycles. The zero-order valence-corrected chi connectivity index (χ0v) is 13.9. The van der Waals surface area contributed by atoms with Crippen molar-refractivity contribution in [1.29, 1.82) is 0 Å². The second-order valence-corrected chi connectivity index (χ2v) is 6.71. The van der Waals surface area contributed by atoms with Crippen LogP contribution in [0.5, 0.6) is 0 Å². The van der Waals surface area contributed by atoms with Crippen molar-refractivity contribution < 1.29 is 0 Å². The van der Waals surface area contributed by atoms with Gasteiger partial charge < -0.3 is 16.0 Å². The molecule has 3 N–H and O–H groups in total. The molecule has 3 nitrogen and oxygen atoms in total. The van der Waals surface area contributed by atoms with Crippen molar-refractivity contribution in [3.8, 4) is 0 Å². The Balaban J connectivity index is 2.75. The molecule has 0 amide bonds. The average molecular weight is 361 g/mol. The molecule has 0 aliphatic carbocycles. The first kappa shape index (κ1) is 15.6. The molecule has 1 aromatic carbocycles. The molecule has 0 aliphatic heterocycles. The van der Waals surface area contributed by atoms with E-state index in [-0.39, 0.29) is 0 Å². The van der Waals surface area contributed by atoms with Crippen molar-refractivity contribution in [3.63, 3.8) is 0 Å². The minimum absolute atomic E-state index is 0.433. The lowest BCUT2D eigenvalue weighted by atomic mass is 10.0. The molecule has 102 valence electrons. The number of anilines is 2. The lowest BCUT2D eigenvalue weighted by molar-refractivity contribution is 0.356. The van der Waals surface area contributed by atoms with Gasteiger partial charge in [0, 0.05) is 16.2 Å². The van der Waals surface area contributed by atoms with Crippen molar-refractivity contribution >= 4 is 34.0 Å². The van der Waals surface area contributed by atoms with Crippen LogP contribution in [0.15, 0.2) is 18.2 Å². The molecule has 1 atom stereocenters. The van der Waals surface area contributed by atoms with Crippen molar-refractivity contribution in [2.24, 2.45) is 5.92 Å². The largest absolute Gasteiger partial charge is 0.397 e. The Hall–Kier alpha value is -0.490. The summed E-state index contributed by atoms with van der Waals surface area (Å²) < 4.78 is 1.17. The van der Waals surface area contributed by atoms with Crippen LogP contribution in [0.1, 0.15) is 20.3 Å². The first-order chi connectivity index (χ1) is 8.38. The summed E-state index contributed by atoms with van der Waals surface area (Å²) >= 11 is 2.28. The number of nitrogens with two attached hydrogens (primary N) is 1. The van der Waals surface area contributed by atoms with E-state index in [4.69, 9.17) is 5.73 Å². The van der Waals surface area contributed by atoms with Gasteiger partial charge in [0.25, 0.3) is 0 Å². The number of hydrogen-bond acceptors (Lipinski definition) is 3. The molecular formula is C14H24IN3. The van der Waals surface area contributed by atoms with Crippen LogP contribution in [0.3, 0.4) is 0 Å². The van der Waals surface area contributed by atoms with Gasteiger partial charge in [0.15, 0.2) is 0 Å². The molecule has 0 radical (unpaired) electrons. The fourth-order valence-electron chi connectivity index (χ4n) is 2.07. The lowest BCUT2D eigenvalue weighted by Gasteiger charge is -2.25. The van der Waals surface area contributed by atoms with Crippen LogP contribution < -0.4 is 11.1 Å². The van der Waals surface area contributed by atoms with E-state index in [1.807, 2.05) is 6.07 Å². The number of benzene rings is 1. The Morgan fingerprint density at radius 1 is 1.33 bits per heavy atom. The van der Waals surface area contributed by atoms with E-state index < -0.39 is 0 Å². The third-order valence-corrected chi connectivity index (χ3v) is 3.39. The molecule has 0 aromatic heterocycles. The SMILES string of the molecule is CC(C)CC(CN(C)C)Nc1ccc(I)cc1N. The number of likely N-dealkylation sites (N-methyl/N-ethyl adjacent to an activating group) is 1. The number of hydrogen-bond donors (Lipinski definition) is 2. The van der Waals surface area contributed by atoms with Gasteiger partial charge in [0.05, 0.1) is 11.4 Å². The Kier molecular flexibility index (Phi) is 6.21. The third-order valence-electron chi connectivity index (χ3n) is 2.71. The fraction of sp³-hybridized carbons (Fsp3) is 0.571. The summed E-state index contributed by atoms with van der Waals surface area (Å²) in [6, 6.07) is 6.59. The lowest BCUT2D eigenvalue weighted by Crippen LogP contribution is -2.33. The smallest absolute Gasteiger partial charge is 0.0577 e. The van der Waals surface area contributed by atoms with Gasteiger partial charge in [-0.3, -0.25) is 0 Å². The summed E-state index contributed by atoms with van der Waals surface area (Å²) in [7, 11) is 4.21. The van der Waals surface area contributed by atoms with Crippen molar-refractivity contribution in [3.05, 3.63) is 21.8 Å². The molecule has 1 unspecified atom stereocenters. The van der Waals surface area contributed by atoms with Crippen LogP contribution in [0, 0.1) is 9.49 Å². The van der Waals surface area contributed by atoms with E-state index in [2.05, 4.69) is 72.9 Å². The highest BCUT2D eigenvalue weighted by Crippen LogP contribution is 2.23. The summed E-state index contributed by atoms with van der Waals surface area (Å²) in [5, 5.41) is 3.57. The van der Waals surface area contributed by atoms with Gasteiger partial charge in [-0.1, -0.05) is 13.8 Å². The van der Waals surface area contributed by atoms with Gasteiger partial charge in [0.2, 0.25) is 0 Å². The van der Waals surface area contributed by atoms with Crippen LogP contribution in [-0.4, -0.2) is 31.6 Å². The summed E-state index contributed by atoms with van der Waals surface area (Å²) in [4.78, 5) is 2.21. The minimum Gasteiger partial charge on any atom is -0.397 e. The van der Waals surface area contributed by atoms with Crippen LogP contribution in [0.25, 0.3) is 0 Å². The molecule has 0 saturated heterocycles. The second-order valence-electron chi connectivity index (χ2n) is 5.46. The van der Waals surface area contributed by atoms with Crippen LogP contribution in [-0.2, 0) is 0 Å². The van der Waals surface area contributed by atoms with Gasteiger partial charge in [-0.25, -0.2) is 0 Å². The Morgan fingerprint density at radius 2 is 2.00 bits per heavy atom. The van der Waals surface area contributed by atoms with E-state index in [1.165, 1.54) is 3.57 Å². The molecule has 0 spiro atoms. The summed E-state index contributed by atoms with van der Waals surface area (Å²) in [6.07, 6.45) is 1.14. The topological polar surface area (TPSA) is 41.3 Å². The Labute approximate surface area is 124 Å². The van der Waals surface area contributed by atoms with Gasteiger partial charge in [-0.2, -0.15) is 0 Å². The molecule has 1 aromatic rings. The van der Waals surface area contributed by atoms with Crippen LogP contribution >= 0.6 is 22.6 Å². The Bertz CT molecular complexity index is 367. The highest BCUT2D eigenvalue weighted by atomic mass is 127. The quantitative estimate of drug-likeness (QED) is 0.604. The zero-order valence-electron chi connectivity index (χ0n) is 11.7. The van der Waals surface area contributed by atoms with E-state index in [0.717, 1.165) is 24.3 Å². The fourth-order valence-corrected chi connectivity index (χ4v) is 2.59. The average Bonchev–Trinajstić information content (AvgIpc) is 2.20. The first-order valence-electron chi connectivity index (χ1n) is 6.34. The number of nitrogen functional groups attached to an aromatic ring is 1. The van der Waals surface area contributed by atoms with Crippen LogP contribution in [0.4, 0.5) is 11.4 Å². The maximum Gasteiger partial charge on any atom is 0.0577 e. The van der Waals surface area contributed by atoms with Crippen molar-refractivity contribution in [2.45, 2.75) is 26.3 Å². The van der Waals surface area contributed by atoms with Gasteiger partial charge >= 0.3 is 0 Å². The van der Waals surface area contributed by atoms with E-state index >= 15 is 0 Å². The number of rotatable bonds is 6. The predicted octanol–water partition coefficient (Wildman–Crippen LogP) is 3.26. The van der Waals surface area contributed by atoms with Gasteiger partial charge in [-0.05, 0) is 67.2 Å². The Morgan fingerprint density at radius 3 is 2.50 bits per heavy atom. The third kappa shape index (κ3) is 5.44.